The molecule has 3 unspecified atom stereocenters. The Morgan fingerprint density at radius 1 is 0.598 bits per heavy atom. The molecule has 1 rings (SSSR count). The van der Waals surface area contributed by atoms with E-state index in [2.05, 4.69) is 180 Å². The number of nitrogens with two attached hydrogens (primary N) is 1. The van der Waals surface area contributed by atoms with Gasteiger partial charge in [0.25, 0.3) is 0 Å². The Kier molecular flexibility index (Phi) is 58.8. The van der Waals surface area contributed by atoms with Gasteiger partial charge in [-0.25, -0.2) is 19.2 Å². The second-order valence-corrected chi connectivity index (χ2v) is 57.8. The van der Waals surface area contributed by atoms with E-state index in [0.717, 1.165) is 12.5 Å². The average molecular weight is 1390 g/mol. The molecule has 1 saturated heterocycles. The van der Waals surface area contributed by atoms with Crippen LogP contribution in [0.1, 0.15) is 55.9 Å². The van der Waals surface area contributed by atoms with Crippen LogP contribution in [0.25, 0.3) is 0 Å². The summed E-state index contributed by atoms with van der Waals surface area (Å²) < 4.78 is 60.9. The summed E-state index contributed by atoms with van der Waals surface area (Å²) in [5.41, 5.74) is 5.77. The summed E-state index contributed by atoms with van der Waals surface area (Å²) in [6, 6.07) is 0.770. The van der Waals surface area contributed by atoms with Crippen molar-refractivity contribution in [3.63, 3.8) is 0 Å². The van der Waals surface area contributed by atoms with E-state index in [4.69, 9.17) is 55.6 Å². The molecule has 0 aromatic rings. The van der Waals surface area contributed by atoms with E-state index in [-0.39, 0.29) is 64.2 Å². The molecule has 32 heteroatoms. The Morgan fingerprint density at radius 2 is 0.920 bits per heavy atom. The maximum atomic E-state index is 11.1. The monoisotopic (exact) mass is 1390 g/mol. The molecule has 0 radical (unpaired) electrons. The first-order valence-corrected chi connectivity index (χ1v) is 51.5. The lowest BCUT2D eigenvalue weighted by Crippen LogP contribution is -2.60. The van der Waals surface area contributed by atoms with E-state index in [1.54, 1.807) is 26.0 Å². The van der Waals surface area contributed by atoms with Crippen LogP contribution < -0.4 is 16.4 Å². The van der Waals surface area contributed by atoms with Crippen LogP contribution in [0.2, 0.25) is 124 Å². The quantitative estimate of drug-likeness (QED) is 0.00884. The van der Waals surface area contributed by atoms with E-state index >= 15 is 0 Å². The van der Waals surface area contributed by atoms with Gasteiger partial charge in [0, 0.05) is 56.2 Å². The molecule has 3 atom stereocenters. The number of hydrogen-bond donors (Lipinski definition) is 7. The van der Waals surface area contributed by atoms with Crippen LogP contribution in [0.15, 0.2) is 61.8 Å². The Morgan fingerprint density at radius 3 is 1.14 bits per heavy atom. The highest BCUT2D eigenvalue weighted by Crippen LogP contribution is 2.30. The number of amides is 2. The van der Waals surface area contributed by atoms with Crippen LogP contribution in [0, 0.1) is 0 Å². The van der Waals surface area contributed by atoms with Crippen LogP contribution >= 0.6 is 0 Å². The van der Waals surface area contributed by atoms with E-state index in [9.17, 15) is 28.8 Å². The molecule has 0 aliphatic carbocycles. The molecule has 0 spiro atoms. The molecule has 1 heterocycles. The minimum atomic E-state index is -2.74. The Balaban J connectivity index is -0.000000145. The number of esters is 3. The minimum Gasteiger partial charge on any atom is -0.460 e. The van der Waals surface area contributed by atoms with Crippen LogP contribution in [-0.2, 0) is 72.3 Å². The number of carbonyl (C=O) groups is 6. The first kappa shape index (κ1) is 99.8. The fourth-order valence-corrected chi connectivity index (χ4v) is 28.2. The van der Waals surface area contributed by atoms with Crippen molar-refractivity contribution in [3.05, 3.63) is 61.8 Å². The van der Waals surface area contributed by atoms with Gasteiger partial charge in [0.15, 0.2) is 56.0 Å². The van der Waals surface area contributed by atoms with Crippen molar-refractivity contribution < 1.29 is 97.6 Å². The van der Waals surface area contributed by atoms with Crippen LogP contribution in [0.5, 0.6) is 0 Å². The topological polar surface area (TPSA) is 335 Å². The van der Waals surface area contributed by atoms with Crippen molar-refractivity contribution in [3.8, 4) is 0 Å². The number of ether oxygens (including phenoxy) is 5. The number of aliphatic hydroxyl groups is 4. The normalized spacial score (nSPS) is 13.4. The van der Waals surface area contributed by atoms with E-state index < -0.39 is 124 Å². The van der Waals surface area contributed by atoms with Crippen molar-refractivity contribution in [2.75, 3.05) is 59.3 Å². The average Bonchev–Trinajstić information content (AvgIpc) is 3.74. The van der Waals surface area contributed by atoms with Crippen molar-refractivity contribution >= 4 is 104 Å². The molecule has 0 saturated carbocycles. The van der Waals surface area contributed by atoms with Gasteiger partial charge in [-0.2, -0.15) is 0 Å². The molecular weight excluding hydrogens is 1260 g/mol. The summed E-state index contributed by atoms with van der Waals surface area (Å²) in [6.45, 7) is 64.5. The summed E-state index contributed by atoms with van der Waals surface area (Å²) in [6.07, 6.45) is 0.899. The second kappa shape index (κ2) is 51.3. The number of nitrogens with one attached hydrogen (secondary N) is 2. The van der Waals surface area contributed by atoms with Gasteiger partial charge in [-0.05, 0) is 145 Å². The molecule has 0 aromatic carbocycles. The minimum absolute atomic E-state index is 0. The van der Waals surface area contributed by atoms with Gasteiger partial charge in [0.1, 0.15) is 38.6 Å². The molecule has 516 valence electrons. The van der Waals surface area contributed by atoms with E-state index in [1.807, 2.05) is 0 Å². The molecule has 0 aromatic heterocycles. The van der Waals surface area contributed by atoms with Gasteiger partial charge in [-0.3, -0.25) is 9.59 Å². The third-order valence-corrected chi connectivity index (χ3v) is 30.6. The van der Waals surface area contributed by atoms with E-state index in [1.165, 1.54) is 20.8 Å². The Bertz CT molecular complexity index is 1870. The SMILES string of the molecule is C.C.C=C(C)C(=O)OCC(O)CO.C=C(C)C(=O)OCC(O)CO.C=C(C)C(=O)OCC1COC(=O)O1.C=CCN.C=CCNC(C)=O.CC(=O)NCCC[Si](O[Si](C)(C)C)(O[Si](C)(C)C)O[Si](C)(C)C.C[Si](C)(C)O[SiH](O[Si](C)(C)C)O[Si](C)(C)C. The third-order valence-electron chi connectivity index (χ3n) is 7.76. The van der Waals surface area contributed by atoms with E-state index in [0.29, 0.717) is 25.2 Å². The number of hydrogen-bond acceptors (Lipinski definition) is 22. The van der Waals surface area contributed by atoms with Gasteiger partial charge < -0.3 is 85.2 Å². The van der Waals surface area contributed by atoms with Crippen molar-refractivity contribution in [2.45, 2.75) is 198 Å². The highest BCUT2D eigenvalue weighted by molar-refractivity contribution is 6.90. The number of rotatable bonds is 30. The highest BCUT2D eigenvalue weighted by Gasteiger charge is 2.49. The maximum absolute atomic E-state index is 11.1. The number of carbonyl (C=O) groups excluding carboxylic acids is 6. The summed E-state index contributed by atoms with van der Waals surface area (Å²) in [5, 5.41) is 39.5. The predicted octanol–water partition coefficient (Wildman–Crippen LogP) is 8.53. The standard InChI is InChI=1S/C14H37NO4Si4.C9H28O3Si4.C8H10O5.2C7H12O4.C5H9NO.C3H7N.2CH4/c1-14(16)15-12-11-13-23(17-20(2,3)4,18-21(5,6)7)19-22(8,9)10;1-14(2,3)10-13(11-15(4,5)6)12-16(7,8)9;1-5(2)7(9)11-3-6-4-12-8(10)13-6;2*1-5(2)7(10)11-4-6(9)3-8;1-3-4-6-5(2)7;1-2-3-4;;/h11-13H2,1-10H3,(H,15,16);13H,1-9H3;6H,1,3-4H2,2H3;2*6,8-9H,1,3-4H2,2H3;3H,1,4H2,2H3,(H,6,7);2H,1,3-4H2;2*1H4. The van der Waals surface area contributed by atoms with Gasteiger partial charge in [-0.1, -0.05) is 46.7 Å². The van der Waals surface area contributed by atoms with Crippen LogP contribution in [-0.4, -0.2) is 202 Å². The molecule has 2 amide bonds. The molecule has 1 aliphatic rings. The van der Waals surface area contributed by atoms with Gasteiger partial charge in [-0.15, -0.1) is 13.2 Å². The lowest BCUT2D eigenvalue weighted by atomic mass is 10.3. The zero-order valence-electron chi connectivity index (χ0n) is 56.1. The molecule has 24 nitrogen and oxygen atoms in total. The summed E-state index contributed by atoms with van der Waals surface area (Å²) in [5.74, 6) is -1.63. The lowest BCUT2D eigenvalue weighted by Gasteiger charge is -2.43. The first-order valence-electron chi connectivity index (χ1n) is 27.7. The van der Waals surface area contributed by atoms with Crippen LogP contribution in [0.3, 0.4) is 0 Å². The van der Waals surface area contributed by atoms with Crippen molar-refractivity contribution in [1.29, 1.82) is 0 Å². The molecule has 1 aliphatic heterocycles. The van der Waals surface area contributed by atoms with Crippen molar-refractivity contribution in [2.24, 2.45) is 5.73 Å². The van der Waals surface area contributed by atoms with Gasteiger partial charge >= 0.3 is 42.4 Å². The first-order chi connectivity index (χ1) is 38.2. The number of aliphatic hydroxyl groups excluding tert-OH is 4. The third kappa shape index (κ3) is 78.7. The summed E-state index contributed by atoms with van der Waals surface area (Å²) >= 11 is 0. The van der Waals surface area contributed by atoms with Gasteiger partial charge in [0.05, 0.1) is 13.2 Å². The zero-order valence-corrected chi connectivity index (χ0v) is 64.2. The van der Waals surface area contributed by atoms with Gasteiger partial charge in [0.2, 0.25) is 11.8 Å². The molecule has 8 N–H and O–H groups in total. The smallest absolute Gasteiger partial charge is 0.460 e. The largest absolute Gasteiger partial charge is 0.508 e. The summed E-state index contributed by atoms with van der Waals surface area (Å²) in [7, 11) is -14.8. The molecular formula is C55H123N3O21Si8. The lowest BCUT2D eigenvalue weighted by molar-refractivity contribution is -0.143. The van der Waals surface area contributed by atoms with Crippen molar-refractivity contribution in [1.82, 2.24) is 10.6 Å². The summed E-state index contributed by atoms with van der Waals surface area (Å²) in [4.78, 5) is 63.7. The predicted molar refractivity (Wildman–Crippen MR) is 369 cm³/mol. The fraction of sp³-hybridized carbons (Fsp3) is 0.709. The Labute approximate surface area is 534 Å². The number of cyclic esters (lactones) is 2. The molecule has 1 fully saturated rings. The van der Waals surface area contributed by atoms with Crippen LogP contribution in [0.4, 0.5) is 4.79 Å². The molecule has 87 heavy (non-hydrogen) atoms. The Hall–Kier alpha value is -3.38. The maximum Gasteiger partial charge on any atom is 0.508 e. The fourth-order valence-electron chi connectivity index (χ4n) is 4.77. The zero-order chi connectivity index (χ0) is 68.4. The highest BCUT2D eigenvalue weighted by atomic mass is 28.5. The molecule has 0 bridgehead atoms. The second-order valence-electron chi connectivity index (χ2n) is 24.8.